The summed E-state index contributed by atoms with van der Waals surface area (Å²) >= 11 is 0. The van der Waals surface area contributed by atoms with Crippen LogP contribution >= 0.6 is 0 Å². The van der Waals surface area contributed by atoms with Gasteiger partial charge in [-0.05, 0) is 25.0 Å². The lowest BCUT2D eigenvalue weighted by Crippen LogP contribution is -2.40. The fourth-order valence-electron chi connectivity index (χ4n) is 2.92. The number of nitrogens with one attached hydrogen (secondary N) is 1. The van der Waals surface area contributed by atoms with E-state index in [0.717, 1.165) is 0 Å². The lowest BCUT2D eigenvalue weighted by molar-refractivity contribution is -0.153. The molecule has 2 aromatic rings. The molecule has 0 spiro atoms. The summed E-state index contributed by atoms with van der Waals surface area (Å²) in [5, 5.41) is 16.0. The molecule has 1 aliphatic rings. The smallest absolute Gasteiger partial charge is 0.319 e. The van der Waals surface area contributed by atoms with E-state index in [1.54, 1.807) is 18.2 Å². The van der Waals surface area contributed by atoms with Gasteiger partial charge in [-0.3, -0.25) is 9.59 Å². The average Bonchev–Trinajstić information content (AvgIpc) is 3.17. The molecule has 1 aromatic carbocycles. The van der Waals surface area contributed by atoms with E-state index in [1.807, 2.05) is 0 Å². The Balaban J connectivity index is 1.81. The summed E-state index contributed by atoms with van der Waals surface area (Å²) in [4.78, 5) is 23.9. The molecule has 1 fully saturated rings. The second-order valence-corrected chi connectivity index (χ2v) is 5.67. The minimum atomic E-state index is -1.37. The van der Waals surface area contributed by atoms with Crippen LogP contribution < -0.4 is 5.32 Å². The fraction of sp³-hybridized carbons (Fsp3) is 0.312. The van der Waals surface area contributed by atoms with Gasteiger partial charge in [0.1, 0.15) is 16.9 Å². The van der Waals surface area contributed by atoms with Crippen molar-refractivity contribution in [2.75, 3.05) is 5.32 Å². The maximum absolute atomic E-state index is 13.7. The van der Waals surface area contributed by atoms with Crippen LogP contribution in [0.1, 0.15) is 25.7 Å². The topological polar surface area (TPSA) is 84.2 Å². The van der Waals surface area contributed by atoms with Crippen LogP contribution in [-0.2, 0) is 9.59 Å². The van der Waals surface area contributed by atoms with Gasteiger partial charge in [-0.1, -0.05) is 25.0 Å². The molecule has 1 aromatic heterocycles. The zero-order valence-corrected chi connectivity index (χ0v) is 12.3. The van der Waals surface area contributed by atoms with E-state index >= 15 is 0 Å². The molecule has 7 heteroatoms. The molecule has 0 atom stereocenters. The molecule has 0 aliphatic heterocycles. The zero-order valence-electron chi connectivity index (χ0n) is 12.3. The number of aromatic nitrogens is 2. The van der Waals surface area contributed by atoms with Crippen LogP contribution in [0.15, 0.2) is 36.7 Å². The molecule has 0 bridgehead atoms. The maximum Gasteiger partial charge on any atom is 0.319 e. The van der Waals surface area contributed by atoms with Gasteiger partial charge in [-0.15, -0.1) is 0 Å². The molecule has 1 aliphatic carbocycles. The second-order valence-electron chi connectivity index (χ2n) is 5.67. The number of anilines is 1. The van der Waals surface area contributed by atoms with Crippen molar-refractivity contribution in [1.82, 2.24) is 9.78 Å². The zero-order chi connectivity index (χ0) is 16.4. The first-order valence-corrected chi connectivity index (χ1v) is 7.37. The minimum Gasteiger partial charge on any atom is -0.480 e. The van der Waals surface area contributed by atoms with Crippen LogP contribution in [-0.4, -0.2) is 26.8 Å². The summed E-state index contributed by atoms with van der Waals surface area (Å²) in [6.45, 7) is 0. The Kier molecular flexibility index (Phi) is 3.85. The number of hydrogen-bond acceptors (Lipinski definition) is 3. The van der Waals surface area contributed by atoms with Gasteiger partial charge in [-0.2, -0.15) is 5.10 Å². The molecule has 23 heavy (non-hydrogen) atoms. The molecule has 2 N–H and O–H groups in total. The van der Waals surface area contributed by atoms with Crippen LogP contribution in [0.25, 0.3) is 5.69 Å². The van der Waals surface area contributed by atoms with Crippen LogP contribution in [0.4, 0.5) is 10.1 Å². The van der Waals surface area contributed by atoms with E-state index in [2.05, 4.69) is 10.4 Å². The standard InChI is InChI=1S/C16H16FN3O3/c17-12-5-1-2-6-13(12)20-10-11(9-18-20)19-14(21)16(15(22)23)7-3-4-8-16/h1-2,5-6,9-10H,3-4,7-8H2,(H,19,21)(H,22,23). The Morgan fingerprint density at radius 3 is 2.61 bits per heavy atom. The highest BCUT2D eigenvalue weighted by Crippen LogP contribution is 2.39. The fourth-order valence-corrected chi connectivity index (χ4v) is 2.92. The molecule has 0 radical (unpaired) electrons. The van der Waals surface area contributed by atoms with Gasteiger partial charge in [0.25, 0.3) is 0 Å². The third kappa shape index (κ3) is 2.69. The molecule has 0 unspecified atom stereocenters. The first kappa shape index (κ1) is 15.2. The van der Waals surface area contributed by atoms with E-state index in [0.29, 0.717) is 31.4 Å². The summed E-state index contributed by atoms with van der Waals surface area (Å²) in [5.41, 5.74) is -0.785. The number of carbonyl (C=O) groups is 2. The number of hydrogen-bond donors (Lipinski definition) is 2. The van der Waals surface area contributed by atoms with Gasteiger partial charge in [-0.25, -0.2) is 9.07 Å². The molecule has 1 heterocycles. The normalized spacial score (nSPS) is 16.2. The lowest BCUT2D eigenvalue weighted by Gasteiger charge is -2.21. The number of halogens is 1. The molecule has 120 valence electrons. The number of aliphatic carboxylic acids is 1. The van der Waals surface area contributed by atoms with Crippen LogP contribution in [0.2, 0.25) is 0 Å². The minimum absolute atomic E-state index is 0.252. The van der Waals surface area contributed by atoms with Crippen molar-refractivity contribution < 1.29 is 19.1 Å². The molecule has 0 saturated heterocycles. The van der Waals surface area contributed by atoms with Gasteiger partial charge in [0, 0.05) is 0 Å². The summed E-state index contributed by atoms with van der Waals surface area (Å²) in [6, 6.07) is 6.12. The number of carboxylic acid groups (broad SMARTS) is 1. The van der Waals surface area contributed by atoms with Gasteiger partial charge in [0.05, 0.1) is 18.1 Å². The molecular weight excluding hydrogens is 301 g/mol. The number of para-hydroxylation sites is 1. The Labute approximate surface area is 131 Å². The summed E-state index contributed by atoms with van der Waals surface area (Å²) in [6.07, 6.45) is 4.92. The number of benzene rings is 1. The third-order valence-corrected chi connectivity index (χ3v) is 4.24. The van der Waals surface area contributed by atoms with Crippen molar-refractivity contribution in [2.24, 2.45) is 5.41 Å². The number of amides is 1. The van der Waals surface area contributed by atoms with Crippen molar-refractivity contribution in [3.05, 3.63) is 42.5 Å². The molecule has 3 rings (SSSR count). The summed E-state index contributed by atoms with van der Waals surface area (Å²) < 4.78 is 15.0. The monoisotopic (exact) mass is 317 g/mol. The third-order valence-electron chi connectivity index (χ3n) is 4.24. The van der Waals surface area contributed by atoms with Crippen molar-refractivity contribution >= 4 is 17.6 Å². The van der Waals surface area contributed by atoms with Gasteiger partial charge in [0.2, 0.25) is 5.91 Å². The van der Waals surface area contributed by atoms with Crippen molar-refractivity contribution in [2.45, 2.75) is 25.7 Å². The van der Waals surface area contributed by atoms with Crippen molar-refractivity contribution in [3.63, 3.8) is 0 Å². The van der Waals surface area contributed by atoms with Crippen molar-refractivity contribution in [1.29, 1.82) is 0 Å². The van der Waals surface area contributed by atoms with E-state index in [9.17, 15) is 19.1 Å². The maximum atomic E-state index is 13.7. The van der Waals surface area contributed by atoms with Gasteiger partial charge < -0.3 is 10.4 Å². The molecule has 6 nitrogen and oxygen atoms in total. The highest BCUT2D eigenvalue weighted by Gasteiger charge is 2.48. The van der Waals surface area contributed by atoms with Crippen LogP contribution in [0, 0.1) is 11.2 Å². The Morgan fingerprint density at radius 1 is 1.26 bits per heavy atom. The van der Waals surface area contributed by atoms with Gasteiger partial charge in [0.15, 0.2) is 0 Å². The van der Waals surface area contributed by atoms with Crippen LogP contribution in [0.5, 0.6) is 0 Å². The van der Waals surface area contributed by atoms with Crippen molar-refractivity contribution in [3.8, 4) is 5.69 Å². The molecule has 1 saturated carbocycles. The van der Waals surface area contributed by atoms with E-state index in [4.69, 9.17) is 0 Å². The Bertz CT molecular complexity index is 751. The SMILES string of the molecule is O=C(O)C1(C(=O)Nc2cnn(-c3ccccc3F)c2)CCCC1. The summed E-state index contributed by atoms with van der Waals surface area (Å²) in [5.74, 6) is -2.09. The first-order chi connectivity index (χ1) is 11.0. The number of nitrogens with zero attached hydrogens (tertiary/aromatic N) is 2. The second kappa shape index (κ2) is 5.83. The first-order valence-electron chi connectivity index (χ1n) is 7.37. The predicted octanol–water partition coefficient (Wildman–Crippen LogP) is 2.59. The number of rotatable bonds is 4. The quantitative estimate of drug-likeness (QED) is 0.849. The van der Waals surface area contributed by atoms with E-state index < -0.39 is 23.1 Å². The average molecular weight is 317 g/mol. The summed E-state index contributed by atoms with van der Waals surface area (Å²) in [7, 11) is 0. The van der Waals surface area contributed by atoms with E-state index in [1.165, 1.54) is 23.1 Å². The highest BCUT2D eigenvalue weighted by atomic mass is 19.1. The van der Waals surface area contributed by atoms with Crippen LogP contribution in [0.3, 0.4) is 0 Å². The largest absolute Gasteiger partial charge is 0.480 e. The molecule has 1 amide bonds. The Hall–Kier alpha value is -2.70. The predicted molar refractivity (Wildman–Crippen MR) is 80.7 cm³/mol. The number of carboxylic acids is 1. The highest BCUT2D eigenvalue weighted by molar-refractivity contribution is 6.08. The lowest BCUT2D eigenvalue weighted by atomic mass is 9.85. The van der Waals surface area contributed by atoms with E-state index in [-0.39, 0.29) is 5.69 Å². The molecular formula is C16H16FN3O3. The van der Waals surface area contributed by atoms with Gasteiger partial charge >= 0.3 is 5.97 Å². The Morgan fingerprint density at radius 2 is 1.96 bits per heavy atom. The number of carbonyl (C=O) groups excluding carboxylic acids is 1.